The molecule has 0 aliphatic heterocycles. The molecule has 0 radical (unpaired) electrons. The Bertz CT molecular complexity index is 422. The summed E-state index contributed by atoms with van der Waals surface area (Å²) in [4.78, 5) is 15.8. The van der Waals surface area contributed by atoms with Crippen LogP contribution in [-0.2, 0) is 15.1 Å². The fourth-order valence-corrected chi connectivity index (χ4v) is 3.44. The Labute approximate surface area is 111 Å². The van der Waals surface area contributed by atoms with Crippen molar-refractivity contribution in [2.75, 3.05) is 14.2 Å². The predicted molar refractivity (Wildman–Crippen MR) is 69.8 cm³/mol. The second-order valence-corrected chi connectivity index (χ2v) is 5.77. The molecule has 1 heterocycles. The number of nitrogens with zero attached hydrogens (tertiary/aromatic N) is 1. The molecule has 4 nitrogen and oxygen atoms in total. The Kier molecular flexibility index (Phi) is 4.02. The van der Waals surface area contributed by atoms with Crippen LogP contribution in [-0.4, -0.2) is 25.2 Å². The van der Waals surface area contributed by atoms with Gasteiger partial charge in [0.1, 0.15) is 10.6 Å². The summed E-state index contributed by atoms with van der Waals surface area (Å²) in [5.41, 5.74) is 0.0799. The maximum absolute atomic E-state index is 11.4. The zero-order valence-corrected chi connectivity index (χ0v) is 11.9. The van der Waals surface area contributed by atoms with Crippen molar-refractivity contribution in [3.63, 3.8) is 0 Å². The number of hydrogen-bond donors (Lipinski definition) is 0. The van der Waals surface area contributed by atoms with Crippen molar-refractivity contribution in [3.05, 3.63) is 16.1 Å². The minimum Gasteiger partial charge on any atom is -0.464 e. The van der Waals surface area contributed by atoms with Crippen LogP contribution in [0, 0.1) is 5.92 Å². The van der Waals surface area contributed by atoms with E-state index in [9.17, 15) is 4.79 Å². The molecule has 5 heteroatoms. The van der Waals surface area contributed by atoms with E-state index in [1.165, 1.54) is 18.4 Å². The van der Waals surface area contributed by atoms with E-state index in [2.05, 4.69) is 16.6 Å². The van der Waals surface area contributed by atoms with Crippen molar-refractivity contribution in [3.8, 4) is 0 Å². The molecule has 0 unspecified atom stereocenters. The molecule has 1 aromatic heterocycles. The first-order chi connectivity index (χ1) is 8.61. The first-order valence-corrected chi connectivity index (χ1v) is 7.09. The second-order valence-electron chi connectivity index (χ2n) is 4.91. The minimum absolute atomic E-state index is 0.302. The van der Waals surface area contributed by atoms with Gasteiger partial charge >= 0.3 is 5.97 Å². The van der Waals surface area contributed by atoms with Crippen LogP contribution >= 0.6 is 11.3 Å². The first kappa shape index (κ1) is 13.5. The summed E-state index contributed by atoms with van der Waals surface area (Å²) in [5.74, 6) is 0.362. The number of ether oxygens (including phenoxy) is 2. The highest BCUT2D eigenvalue weighted by Gasteiger charge is 2.38. The lowest BCUT2D eigenvalue weighted by Gasteiger charge is -2.36. The fourth-order valence-electron chi connectivity index (χ4n) is 2.42. The summed E-state index contributed by atoms with van der Waals surface area (Å²) in [6.07, 6.45) is 4.22. The highest BCUT2D eigenvalue weighted by atomic mass is 32.1. The summed E-state index contributed by atoms with van der Waals surface area (Å²) in [6.45, 7) is 2.27. The summed E-state index contributed by atoms with van der Waals surface area (Å²) < 4.78 is 10.4. The van der Waals surface area contributed by atoms with Crippen molar-refractivity contribution < 1.29 is 14.3 Å². The molecule has 0 spiro atoms. The van der Waals surface area contributed by atoms with Gasteiger partial charge in [-0.25, -0.2) is 9.78 Å². The zero-order chi connectivity index (χ0) is 13.2. The van der Waals surface area contributed by atoms with Crippen LogP contribution in [0.25, 0.3) is 0 Å². The van der Waals surface area contributed by atoms with Crippen molar-refractivity contribution in [2.24, 2.45) is 5.92 Å². The summed E-state index contributed by atoms with van der Waals surface area (Å²) in [7, 11) is 3.10. The van der Waals surface area contributed by atoms with Gasteiger partial charge < -0.3 is 9.47 Å². The van der Waals surface area contributed by atoms with Crippen LogP contribution in [0.5, 0.6) is 0 Å². The SMILES string of the molecule is COC(=O)c1csc(C2(OC)CCC(C)CC2)n1. The third kappa shape index (κ3) is 2.42. The molecule has 0 atom stereocenters. The number of thiazole rings is 1. The molecule has 0 saturated heterocycles. The lowest BCUT2D eigenvalue weighted by atomic mass is 9.80. The van der Waals surface area contributed by atoms with E-state index in [0.717, 1.165) is 36.6 Å². The van der Waals surface area contributed by atoms with E-state index >= 15 is 0 Å². The molecule has 0 bridgehead atoms. The maximum Gasteiger partial charge on any atom is 0.357 e. The summed E-state index contributed by atoms with van der Waals surface area (Å²) in [6, 6.07) is 0. The third-order valence-electron chi connectivity index (χ3n) is 3.76. The average molecular weight is 269 g/mol. The number of hydrogen-bond acceptors (Lipinski definition) is 5. The van der Waals surface area contributed by atoms with Gasteiger partial charge in [-0.15, -0.1) is 11.3 Å². The molecule has 0 aromatic carbocycles. The molecule has 0 N–H and O–H groups in total. The Morgan fingerprint density at radius 1 is 1.44 bits per heavy atom. The number of aromatic nitrogens is 1. The quantitative estimate of drug-likeness (QED) is 0.791. The molecule has 1 aliphatic rings. The van der Waals surface area contributed by atoms with Gasteiger partial charge in [0, 0.05) is 12.5 Å². The minimum atomic E-state index is -0.382. The molecule has 1 aliphatic carbocycles. The summed E-state index contributed by atoms with van der Waals surface area (Å²) >= 11 is 1.49. The van der Waals surface area contributed by atoms with Gasteiger partial charge in [-0.3, -0.25) is 0 Å². The van der Waals surface area contributed by atoms with Crippen molar-refractivity contribution in [1.82, 2.24) is 4.98 Å². The van der Waals surface area contributed by atoms with Crippen LogP contribution in [0.3, 0.4) is 0 Å². The molecule has 1 aromatic rings. The normalized spacial score (nSPS) is 28.1. The van der Waals surface area contributed by atoms with E-state index in [0.29, 0.717) is 5.69 Å². The average Bonchev–Trinajstić information content (AvgIpc) is 2.89. The van der Waals surface area contributed by atoms with Crippen molar-refractivity contribution in [2.45, 2.75) is 38.2 Å². The van der Waals surface area contributed by atoms with Crippen molar-refractivity contribution in [1.29, 1.82) is 0 Å². The third-order valence-corrected chi connectivity index (χ3v) is 4.79. The zero-order valence-electron chi connectivity index (χ0n) is 11.1. The Balaban J connectivity index is 2.22. The van der Waals surface area contributed by atoms with Gasteiger partial charge in [-0.1, -0.05) is 6.92 Å². The number of methoxy groups -OCH3 is 2. The van der Waals surface area contributed by atoms with E-state index in [4.69, 9.17) is 4.74 Å². The number of esters is 1. The Morgan fingerprint density at radius 3 is 2.67 bits per heavy atom. The van der Waals surface area contributed by atoms with Gasteiger partial charge in [0.25, 0.3) is 0 Å². The van der Waals surface area contributed by atoms with Crippen LogP contribution in [0.1, 0.15) is 48.1 Å². The molecule has 18 heavy (non-hydrogen) atoms. The smallest absolute Gasteiger partial charge is 0.357 e. The first-order valence-electron chi connectivity index (χ1n) is 6.21. The molecule has 2 rings (SSSR count). The van der Waals surface area contributed by atoms with E-state index in [-0.39, 0.29) is 11.6 Å². The van der Waals surface area contributed by atoms with Crippen molar-refractivity contribution >= 4 is 17.3 Å². The largest absolute Gasteiger partial charge is 0.464 e. The fraction of sp³-hybridized carbons (Fsp3) is 0.692. The number of carbonyl (C=O) groups excluding carboxylic acids is 1. The van der Waals surface area contributed by atoms with E-state index < -0.39 is 0 Å². The standard InChI is InChI=1S/C13H19NO3S/c1-9-4-6-13(17-3,7-5-9)12-14-10(8-18-12)11(15)16-2/h8-9H,4-7H2,1-3H3. The second kappa shape index (κ2) is 5.36. The van der Waals surface area contributed by atoms with Gasteiger partial charge in [-0.2, -0.15) is 0 Å². The molecule has 1 fully saturated rings. The molecular weight excluding hydrogens is 250 g/mol. The predicted octanol–water partition coefficient (Wildman–Crippen LogP) is 2.98. The van der Waals surface area contributed by atoms with Gasteiger partial charge in [-0.05, 0) is 31.6 Å². The van der Waals surface area contributed by atoms with Gasteiger partial charge in [0.05, 0.1) is 7.11 Å². The molecule has 0 amide bonds. The molecular formula is C13H19NO3S. The number of carbonyl (C=O) groups is 1. The van der Waals surface area contributed by atoms with Gasteiger partial charge in [0.2, 0.25) is 0 Å². The number of rotatable bonds is 3. The lowest BCUT2D eigenvalue weighted by Crippen LogP contribution is -2.33. The van der Waals surface area contributed by atoms with Gasteiger partial charge in [0.15, 0.2) is 5.69 Å². The van der Waals surface area contributed by atoms with Crippen LogP contribution in [0.4, 0.5) is 0 Å². The summed E-state index contributed by atoms with van der Waals surface area (Å²) in [5, 5.41) is 2.65. The van der Waals surface area contributed by atoms with Crippen LogP contribution < -0.4 is 0 Å². The maximum atomic E-state index is 11.4. The Hall–Kier alpha value is -0.940. The topological polar surface area (TPSA) is 48.4 Å². The van der Waals surface area contributed by atoms with Crippen LogP contribution in [0.2, 0.25) is 0 Å². The van der Waals surface area contributed by atoms with E-state index in [1.807, 2.05) is 0 Å². The monoisotopic (exact) mass is 269 g/mol. The van der Waals surface area contributed by atoms with E-state index in [1.54, 1.807) is 12.5 Å². The lowest BCUT2D eigenvalue weighted by molar-refractivity contribution is -0.0531. The molecule has 100 valence electrons. The highest BCUT2D eigenvalue weighted by molar-refractivity contribution is 7.10. The highest BCUT2D eigenvalue weighted by Crippen LogP contribution is 2.43. The molecule has 1 saturated carbocycles. The van der Waals surface area contributed by atoms with Crippen LogP contribution in [0.15, 0.2) is 5.38 Å². The Morgan fingerprint density at radius 2 is 2.11 bits per heavy atom.